The van der Waals surface area contributed by atoms with E-state index in [2.05, 4.69) is 11.1 Å². The highest BCUT2D eigenvalue weighted by molar-refractivity contribution is 6.62. The minimum Gasteiger partial charge on any atom is -0.399 e. The van der Waals surface area contributed by atoms with Crippen LogP contribution < -0.4 is 5.46 Å². The maximum Gasteiger partial charge on any atom is 0.494 e. The second-order valence-corrected chi connectivity index (χ2v) is 7.21. The molecule has 23 heavy (non-hydrogen) atoms. The number of benzene rings is 1. The number of nitrogens with zero attached hydrogens (tertiary/aromatic N) is 1. The van der Waals surface area contributed by atoms with Gasteiger partial charge in [0.1, 0.15) is 5.78 Å². The molecule has 0 bridgehead atoms. The van der Waals surface area contributed by atoms with Crippen LogP contribution in [-0.4, -0.2) is 29.1 Å². The van der Waals surface area contributed by atoms with Crippen LogP contribution in [0.25, 0.3) is 10.8 Å². The van der Waals surface area contributed by atoms with Crippen LogP contribution in [0, 0.1) is 0 Å². The number of carbonyl (C=O) groups excluding carboxylic acids is 1. The van der Waals surface area contributed by atoms with E-state index in [4.69, 9.17) is 9.31 Å². The summed E-state index contributed by atoms with van der Waals surface area (Å²) >= 11 is 0. The lowest BCUT2D eigenvalue weighted by Gasteiger charge is -2.32. The lowest BCUT2D eigenvalue weighted by Crippen LogP contribution is -2.41. The Bertz CT molecular complexity index is 754. The number of Topliss-reactive ketones (excluding diaryl/α,β-unsaturated/α-hetero) is 1. The fourth-order valence-electron chi connectivity index (χ4n) is 2.76. The molecule has 1 saturated heterocycles. The molecule has 0 N–H and O–H groups in total. The van der Waals surface area contributed by atoms with Crippen molar-refractivity contribution < 1.29 is 14.1 Å². The first-order valence-electron chi connectivity index (χ1n) is 7.92. The van der Waals surface area contributed by atoms with E-state index >= 15 is 0 Å². The van der Waals surface area contributed by atoms with Crippen LogP contribution in [0.1, 0.15) is 40.3 Å². The lowest BCUT2D eigenvalue weighted by molar-refractivity contribution is -0.116. The standard InChI is InChI=1S/C18H22BNO3/c1-12(21)10-16-15-7-6-14(11-13(15)8-9-20-16)19-22-17(2,3)18(4,5)23-19/h6-9,11H,10H2,1-5H3. The van der Waals surface area contributed by atoms with E-state index in [1.807, 2.05) is 45.9 Å². The topological polar surface area (TPSA) is 48.4 Å². The van der Waals surface area contributed by atoms with Gasteiger partial charge in [-0.2, -0.15) is 0 Å². The first-order chi connectivity index (χ1) is 10.7. The van der Waals surface area contributed by atoms with Gasteiger partial charge in [0.15, 0.2) is 0 Å². The van der Waals surface area contributed by atoms with Crippen LogP contribution in [0.3, 0.4) is 0 Å². The van der Waals surface area contributed by atoms with Crippen LogP contribution in [0.5, 0.6) is 0 Å². The molecule has 1 aliphatic heterocycles. The first kappa shape index (κ1) is 16.2. The summed E-state index contributed by atoms with van der Waals surface area (Å²) in [6.07, 6.45) is 2.10. The summed E-state index contributed by atoms with van der Waals surface area (Å²) in [5, 5.41) is 2.05. The highest BCUT2D eigenvalue weighted by Gasteiger charge is 2.51. The highest BCUT2D eigenvalue weighted by atomic mass is 16.7. The van der Waals surface area contributed by atoms with Crippen LogP contribution in [0.2, 0.25) is 0 Å². The fourth-order valence-corrected chi connectivity index (χ4v) is 2.76. The molecule has 120 valence electrons. The quantitative estimate of drug-likeness (QED) is 0.818. The van der Waals surface area contributed by atoms with Gasteiger partial charge in [0.05, 0.1) is 16.9 Å². The molecule has 0 atom stereocenters. The molecule has 5 heteroatoms. The molecule has 2 aromatic rings. The Balaban J connectivity index is 1.97. The van der Waals surface area contributed by atoms with Crippen molar-refractivity contribution in [3.8, 4) is 0 Å². The number of hydrogen-bond acceptors (Lipinski definition) is 4. The Morgan fingerprint density at radius 2 is 1.78 bits per heavy atom. The summed E-state index contributed by atoms with van der Waals surface area (Å²) in [6.45, 7) is 9.76. The van der Waals surface area contributed by atoms with Gasteiger partial charge in [-0.3, -0.25) is 9.78 Å². The van der Waals surface area contributed by atoms with Gasteiger partial charge in [-0.1, -0.05) is 18.2 Å². The van der Waals surface area contributed by atoms with E-state index in [9.17, 15) is 4.79 Å². The average Bonchev–Trinajstić information content (AvgIpc) is 2.67. The van der Waals surface area contributed by atoms with Gasteiger partial charge in [-0.25, -0.2) is 0 Å². The van der Waals surface area contributed by atoms with Crippen molar-refractivity contribution in [2.24, 2.45) is 0 Å². The largest absolute Gasteiger partial charge is 0.494 e. The zero-order valence-corrected chi connectivity index (χ0v) is 14.3. The molecule has 3 rings (SSSR count). The Labute approximate surface area is 137 Å². The van der Waals surface area contributed by atoms with Crippen LogP contribution in [0.4, 0.5) is 0 Å². The maximum absolute atomic E-state index is 11.4. The number of carbonyl (C=O) groups is 1. The van der Waals surface area contributed by atoms with Crippen molar-refractivity contribution in [2.75, 3.05) is 0 Å². The van der Waals surface area contributed by atoms with Gasteiger partial charge in [-0.05, 0) is 51.5 Å². The molecule has 0 radical (unpaired) electrons. The summed E-state index contributed by atoms with van der Waals surface area (Å²) in [5.74, 6) is 0.111. The van der Waals surface area contributed by atoms with Crippen molar-refractivity contribution in [1.82, 2.24) is 4.98 Å². The smallest absolute Gasteiger partial charge is 0.399 e. The highest BCUT2D eigenvalue weighted by Crippen LogP contribution is 2.36. The van der Waals surface area contributed by atoms with E-state index in [1.165, 1.54) is 0 Å². The number of fused-ring (bicyclic) bond motifs is 1. The van der Waals surface area contributed by atoms with Crippen molar-refractivity contribution in [1.29, 1.82) is 0 Å². The molecule has 1 aliphatic rings. The molecular formula is C18H22BNO3. The number of ketones is 1. The summed E-state index contributed by atoms with van der Waals surface area (Å²) in [4.78, 5) is 15.7. The van der Waals surface area contributed by atoms with Crippen molar-refractivity contribution in [3.63, 3.8) is 0 Å². The molecule has 0 unspecified atom stereocenters. The van der Waals surface area contributed by atoms with Crippen molar-refractivity contribution in [2.45, 2.75) is 52.2 Å². The fraction of sp³-hybridized carbons (Fsp3) is 0.444. The summed E-state index contributed by atoms with van der Waals surface area (Å²) in [7, 11) is -0.381. The number of pyridine rings is 1. The molecular weight excluding hydrogens is 289 g/mol. The third-order valence-electron chi connectivity index (χ3n) is 4.81. The Kier molecular flexibility index (Phi) is 3.81. The Hall–Kier alpha value is -1.72. The molecule has 0 saturated carbocycles. The SMILES string of the molecule is CC(=O)Cc1nccc2cc(B3OC(C)(C)C(C)(C)O3)ccc12. The average molecular weight is 311 g/mol. The number of hydrogen-bond donors (Lipinski definition) is 0. The summed E-state index contributed by atoms with van der Waals surface area (Å²) in [6, 6.07) is 8.01. The molecule has 4 nitrogen and oxygen atoms in total. The van der Waals surface area contributed by atoms with Gasteiger partial charge in [0.25, 0.3) is 0 Å². The monoisotopic (exact) mass is 311 g/mol. The zero-order valence-electron chi connectivity index (χ0n) is 14.3. The molecule has 1 aromatic carbocycles. The van der Waals surface area contributed by atoms with Crippen molar-refractivity contribution in [3.05, 3.63) is 36.2 Å². The van der Waals surface area contributed by atoms with E-state index in [1.54, 1.807) is 13.1 Å². The Morgan fingerprint density at radius 1 is 1.13 bits per heavy atom. The first-order valence-corrected chi connectivity index (χ1v) is 7.92. The van der Waals surface area contributed by atoms with Crippen molar-refractivity contribution >= 4 is 29.1 Å². The number of rotatable bonds is 3. The van der Waals surface area contributed by atoms with Gasteiger partial charge in [0.2, 0.25) is 0 Å². The van der Waals surface area contributed by atoms with Crippen LogP contribution >= 0.6 is 0 Å². The molecule has 1 fully saturated rings. The molecule has 0 aliphatic carbocycles. The summed E-state index contributed by atoms with van der Waals surface area (Å²) in [5.41, 5.74) is 1.08. The second kappa shape index (κ2) is 5.43. The predicted molar refractivity (Wildman–Crippen MR) is 91.8 cm³/mol. The van der Waals surface area contributed by atoms with Gasteiger partial charge < -0.3 is 9.31 Å². The molecule has 2 heterocycles. The minimum atomic E-state index is -0.381. The van der Waals surface area contributed by atoms with E-state index in [-0.39, 0.29) is 24.1 Å². The zero-order chi connectivity index (χ0) is 16.8. The van der Waals surface area contributed by atoms with Gasteiger partial charge in [-0.15, -0.1) is 0 Å². The van der Waals surface area contributed by atoms with E-state index in [0.717, 1.165) is 21.9 Å². The normalized spacial score (nSPS) is 19.3. The van der Waals surface area contributed by atoms with Gasteiger partial charge >= 0.3 is 7.12 Å². The second-order valence-electron chi connectivity index (χ2n) is 7.21. The Morgan fingerprint density at radius 3 is 2.39 bits per heavy atom. The molecule has 0 amide bonds. The third-order valence-corrected chi connectivity index (χ3v) is 4.81. The predicted octanol–water partition coefficient (Wildman–Crippen LogP) is 2.67. The van der Waals surface area contributed by atoms with Gasteiger partial charge in [0, 0.05) is 18.0 Å². The summed E-state index contributed by atoms with van der Waals surface area (Å²) < 4.78 is 12.2. The van der Waals surface area contributed by atoms with E-state index in [0.29, 0.717) is 6.42 Å². The van der Waals surface area contributed by atoms with Crippen LogP contribution in [-0.2, 0) is 20.5 Å². The maximum atomic E-state index is 11.4. The van der Waals surface area contributed by atoms with Crippen LogP contribution in [0.15, 0.2) is 30.5 Å². The molecule has 0 spiro atoms. The number of aromatic nitrogens is 1. The minimum absolute atomic E-state index is 0.111. The van der Waals surface area contributed by atoms with E-state index < -0.39 is 0 Å². The molecule has 1 aromatic heterocycles. The lowest BCUT2D eigenvalue weighted by atomic mass is 9.78. The third kappa shape index (κ3) is 2.91.